The number of fused-ring (bicyclic) bond motifs is 1. The fourth-order valence-electron chi connectivity index (χ4n) is 3.49. The van der Waals surface area contributed by atoms with Gasteiger partial charge in [0.1, 0.15) is 5.52 Å². The Morgan fingerprint density at radius 1 is 1.00 bits per heavy atom. The molecule has 2 fully saturated rings. The maximum absolute atomic E-state index is 5.87. The van der Waals surface area contributed by atoms with Gasteiger partial charge in [0.15, 0.2) is 5.58 Å². The molecule has 0 amide bonds. The van der Waals surface area contributed by atoms with E-state index < -0.39 is 0 Å². The van der Waals surface area contributed by atoms with Crippen molar-refractivity contribution < 1.29 is 9.15 Å². The molecule has 0 spiro atoms. The van der Waals surface area contributed by atoms with Crippen molar-refractivity contribution in [3.63, 3.8) is 0 Å². The van der Waals surface area contributed by atoms with E-state index in [4.69, 9.17) is 9.15 Å². The lowest BCUT2D eigenvalue weighted by molar-refractivity contribution is 0.212. The zero-order valence-corrected chi connectivity index (χ0v) is 14.7. The van der Waals surface area contributed by atoms with Crippen LogP contribution >= 0.6 is 0 Å². The third-order valence-corrected chi connectivity index (χ3v) is 5.29. The molecule has 0 unspecified atom stereocenters. The Bertz CT molecular complexity index is 847. The number of nitrogens with zero attached hydrogens (tertiary/aromatic N) is 4. The third kappa shape index (κ3) is 3.23. The first-order valence-electron chi connectivity index (χ1n) is 9.42. The number of para-hydroxylation sites is 2. The van der Waals surface area contributed by atoms with Crippen LogP contribution in [0.1, 0.15) is 37.3 Å². The molecule has 2 aromatic heterocycles. The van der Waals surface area contributed by atoms with E-state index in [2.05, 4.69) is 26.1 Å². The van der Waals surface area contributed by atoms with Gasteiger partial charge in [-0.3, -0.25) is 0 Å². The van der Waals surface area contributed by atoms with Crippen LogP contribution in [-0.2, 0) is 0 Å². The zero-order valence-electron chi connectivity index (χ0n) is 14.7. The maximum atomic E-state index is 5.87. The number of hydrogen-bond donors (Lipinski definition) is 0. The minimum Gasteiger partial charge on any atom is -0.476 e. The first kappa shape index (κ1) is 15.6. The average Bonchev–Trinajstić information content (AvgIpc) is 3.45. The van der Waals surface area contributed by atoms with Crippen molar-refractivity contribution in [2.24, 2.45) is 5.92 Å². The van der Waals surface area contributed by atoms with Crippen molar-refractivity contribution in [2.45, 2.75) is 31.6 Å². The summed E-state index contributed by atoms with van der Waals surface area (Å²) in [4.78, 5) is 6.82. The highest BCUT2D eigenvalue weighted by molar-refractivity contribution is 5.74. The number of benzene rings is 1. The maximum Gasteiger partial charge on any atom is 0.298 e. The summed E-state index contributed by atoms with van der Waals surface area (Å²) in [6.45, 7) is 2.57. The van der Waals surface area contributed by atoms with E-state index >= 15 is 0 Å². The summed E-state index contributed by atoms with van der Waals surface area (Å²) in [5, 5.41) is 8.48. The van der Waals surface area contributed by atoms with Crippen LogP contribution in [0.4, 0.5) is 6.01 Å². The van der Waals surface area contributed by atoms with E-state index in [1.807, 2.05) is 30.3 Å². The standard InChI is InChI=1S/C20H22N4O2/c1-2-4-18-17(3-1)21-20(26-18)24-11-9-14(10-12-24)13-25-19-8-7-16(22-23-19)15-5-6-15/h1-4,7-8,14-15H,5-6,9-13H2. The van der Waals surface area contributed by atoms with Crippen LogP contribution in [0, 0.1) is 5.92 Å². The number of oxazole rings is 1. The summed E-state index contributed by atoms with van der Waals surface area (Å²) in [7, 11) is 0. The minimum atomic E-state index is 0.528. The molecule has 0 bridgehead atoms. The Labute approximate surface area is 152 Å². The number of anilines is 1. The van der Waals surface area contributed by atoms with E-state index in [0.29, 0.717) is 24.3 Å². The predicted molar refractivity (Wildman–Crippen MR) is 98.4 cm³/mol. The Hall–Kier alpha value is -2.63. The molecule has 3 aromatic rings. The summed E-state index contributed by atoms with van der Waals surface area (Å²) in [5.74, 6) is 1.80. The summed E-state index contributed by atoms with van der Waals surface area (Å²) in [5.41, 5.74) is 2.87. The van der Waals surface area contributed by atoms with Gasteiger partial charge in [-0.1, -0.05) is 12.1 Å². The molecule has 5 rings (SSSR count). The van der Waals surface area contributed by atoms with Gasteiger partial charge >= 0.3 is 0 Å². The van der Waals surface area contributed by atoms with Gasteiger partial charge < -0.3 is 14.1 Å². The summed E-state index contributed by atoms with van der Waals surface area (Å²) in [6.07, 6.45) is 4.61. The van der Waals surface area contributed by atoms with E-state index in [1.165, 1.54) is 12.8 Å². The minimum absolute atomic E-state index is 0.528. The Morgan fingerprint density at radius 2 is 1.85 bits per heavy atom. The second kappa shape index (κ2) is 6.59. The normalized spacial score (nSPS) is 18.4. The van der Waals surface area contributed by atoms with Crippen molar-refractivity contribution in [2.75, 3.05) is 24.6 Å². The lowest BCUT2D eigenvalue weighted by Gasteiger charge is -2.30. The highest BCUT2D eigenvalue weighted by Gasteiger charge is 2.26. The van der Waals surface area contributed by atoms with Gasteiger partial charge in [0.2, 0.25) is 5.88 Å². The third-order valence-electron chi connectivity index (χ3n) is 5.29. The van der Waals surface area contributed by atoms with Crippen LogP contribution in [0.2, 0.25) is 0 Å². The number of hydrogen-bond acceptors (Lipinski definition) is 6. The number of rotatable bonds is 5. The molecular weight excluding hydrogens is 328 g/mol. The van der Waals surface area contributed by atoms with E-state index in [0.717, 1.165) is 48.7 Å². The van der Waals surface area contributed by atoms with Crippen LogP contribution in [0.15, 0.2) is 40.8 Å². The molecule has 0 atom stereocenters. The second-order valence-corrected chi connectivity index (χ2v) is 7.28. The molecule has 6 heteroatoms. The largest absolute Gasteiger partial charge is 0.476 e. The molecule has 2 aliphatic rings. The molecule has 3 heterocycles. The number of ether oxygens (including phenoxy) is 1. The van der Waals surface area contributed by atoms with Gasteiger partial charge in [0, 0.05) is 25.1 Å². The predicted octanol–water partition coefficient (Wildman–Crippen LogP) is 3.79. The lowest BCUT2D eigenvalue weighted by atomic mass is 9.98. The van der Waals surface area contributed by atoms with Crippen LogP contribution < -0.4 is 9.64 Å². The molecule has 1 aromatic carbocycles. The van der Waals surface area contributed by atoms with E-state index in [9.17, 15) is 0 Å². The summed E-state index contributed by atoms with van der Waals surface area (Å²) < 4.78 is 11.7. The molecule has 0 radical (unpaired) electrons. The lowest BCUT2D eigenvalue weighted by Crippen LogP contribution is -2.35. The molecule has 1 saturated heterocycles. The van der Waals surface area contributed by atoms with Gasteiger partial charge in [0.05, 0.1) is 12.3 Å². The Kier molecular flexibility index (Phi) is 3.96. The summed E-state index contributed by atoms with van der Waals surface area (Å²) >= 11 is 0. The van der Waals surface area contributed by atoms with Crippen molar-refractivity contribution in [3.05, 3.63) is 42.1 Å². The molecular formula is C20H22N4O2. The first-order chi connectivity index (χ1) is 12.8. The second-order valence-electron chi connectivity index (χ2n) is 7.28. The highest BCUT2D eigenvalue weighted by atomic mass is 16.5. The summed E-state index contributed by atoms with van der Waals surface area (Å²) in [6, 6.07) is 12.6. The first-order valence-corrected chi connectivity index (χ1v) is 9.42. The Balaban J connectivity index is 1.14. The van der Waals surface area contributed by atoms with E-state index in [-0.39, 0.29) is 0 Å². The molecule has 1 aliphatic carbocycles. The van der Waals surface area contributed by atoms with Crippen molar-refractivity contribution >= 4 is 17.1 Å². The number of aromatic nitrogens is 3. The van der Waals surface area contributed by atoms with E-state index in [1.54, 1.807) is 0 Å². The fraction of sp³-hybridized carbons (Fsp3) is 0.450. The zero-order chi connectivity index (χ0) is 17.3. The smallest absolute Gasteiger partial charge is 0.298 e. The van der Waals surface area contributed by atoms with Crippen LogP contribution in [-0.4, -0.2) is 34.9 Å². The molecule has 0 N–H and O–H groups in total. The Morgan fingerprint density at radius 3 is 2.58 bits per heavy atom. The van der Waals surface area contributed by atoms with Gasteiger partial charge in [-0.2, -0.15) is 10.1 Å². The monoisotopic (exact) mass is 350 g/mol. The van der Waals surface area contributed by atoms with Gasteiger partial charge in [-0.15, -0.1) is 5.10 Å². The van der Waals surface area contributed by atoms with Crippen LogP contribution in [0.25, 0.3) is 11.1 Å². The topological polar surface area (TPSA) is 64.3 Å². The average molecular weight is 350 g/mol. The van der Waals surface area contributed by atoms with Crippen molar-refractivity contribution in [1.82, 2.24) is 15.2 Å². The molecule has 1 saturated carbocycles. The molecule has 1 aliphatic heterocycles. The van der Waals surface area contributed by atoms with Crippen LogP contribution in [0.3, 0.4) is 0 Å². The molecule has 26 heavy (non-hydrogen) atoms. The highest BCUT2D eigenvalue weighted by Crippen LogP contribution is 2.38. The van der Waals surface area contributed by atoms with Gasteiger partial charge in [-0.25, -0.2) is 0 Å². The van der Waals surface area contributed by atoms with Gasteiger partial charge in [-0.05, 0) is 49.8 Å². The van der Waals surface area contributed by atoms with Crippen LogP contribution in [0.5, 0.6) is 5.88 Å². The fourth-order valence-corrected chi connectivity index (χ4v) is 3.49. The number of piperidine rings is 1. The molecule has 134 valence electrons. The molecule has 6 nitrogen and oxygen atoms in total. The van der Waals surface area contributed by atoms with Gasteiger partial charge in [0.25, 0.3) is 6.01 Å². The SMILES string of the molecule is c1ccc2oc(N3CCC(COc4ccc(C5CC5)nn4)CC3)nc2c1. The quantitative estimate of drug-likeness (QED) is 0.697. The van der Waals surface area contributed by atoms with Crippen molar-refractivity contribution in [3.8, 4) is 5.88 Å². The van der Waals surface area contributed by atoms with Crippen molar-refractivity contribution in [1.29, 1.82) is 0 Å².